The van der Waals surface area contributed by atoms with E-state index in [4.69, 9.17) is 0 Å². The molecule has 0 aliphatic heterocycles. The van der Waals surface area contributed by atoms with Crippen LogP contribution in [0, 0.1) is 10.8 Å². The summed E-state index contributed by atoms with van der Waals surface area (Å²) in [4.78, 5) is 0. The highest BCUT2D eigenvalue weighted by Crippen LogP contribution is 2.38. The van der Waals surface area contributed by atoms with Crippen molar-refractivity contribution in [1.82, 2.24) is 9.13 Å². The van der Waals surface area contributed by atoms with Gasteiger partial charge >= 0.3 is 0 Å². The number of fused-ring (bicyclic) bond motifs is 6. The summed E-state index contributed by atoms with van der Waals surface area (Å²) in [6, 6.07) is 41.3. The summed E-state index contributed by atoms with van der Waals surface area (Å²) >= 11 is 0. The molecule has 0 atom stereocenters. The third kappa shape index (κ3) is 5.58. The maximum atomic E-state index is 2.54. The molecule has 48 heavy (non-hydrogen) atoms. The summed E-state index contributed by atoms with van der Waals surface area (Å²) in [6.07, 6.45) is 8.91. The van der Waals surface area contributed by atoms with Gasteiger partial charge in [0.1, 0.15) is 0 Å². The number of hydrogen-bond donors (Lipinski definition) is 0. The van der Waals surface area contributed by atoms with Gasteiger partial charge < -0.3 is 9.13 Å². The molecule has 7 aromatic rings. The lowest BCUT2D eigenvalue weighted by atomic mass is 9.88. The van der Waals surface area contributed by atoms with Crippen LogP contribution in [-0.4, -0.2) is 9.13 Å². The summed E-state index contributed by atoms with van der Waals surface area (Å²) in [7, 11) is 0. The standard InChI is InChI=1S/C46H46N2/c1-45(2,3)29-31-21-23-39-37-17-7-9-19-41(37)47(43(39)25-31)35-15-11-13-33(27-35)34-14-12-16-36(28-34)48-42-20-10-8-18-38(42)40-24-22-32(26-44(40)48)30-46(4,5)6/h7-9,11-19,21-28H,10,20,29-30H2,1-6H3. The van der Waals surface area contributed by atoms with Gasteiger partial charge in [0.25, 0.3) is 0 Å². The molecule has 0 fully saturated rings. The van der Waals surface area contributed by atoms with Crippen molar-refractivity contribution in [3.63, 3.8) is 0 Å². The molecule has 0 saturated heterocycles. The van der Waals surface area contributed by atoms with E-state index < -0.39 is 0 Å². The average molecular weight is 627 g/mol. The van der Waals surface area contributed by atoms with E-state index in [1.165, 1.54) is 77.6 Å². The van der Waals surface area contributed by atoms with Crippen molar-refractivity contribution in [2.75, 3.05) is 0 Å². The molecular weight excluding hydrogens is 581 g/mol. The van der Waals surface area contributed by atoms with Crippen molar-refractivity contribution in [3.8, 4) is 22.5 Å². The van der Waals surface area contributed by atoms with Crippen LogP contribution in [0.2, 0.25) is 0 Å². The molecule has 2 aromatic heterocycles. The summed E-state index contributed by atoms with van der Waals surface area (Å²) < 4.78 is 5.00. The predicted molar refractivity (Wildman–Crippen MR) is 207 cm³/mol. The minimum absolute atomic E-state index is 0.226. The smallest absolute Gasteiger partial charge is 0.0543 e. The maximum Gasteiger partial charge on any atom is 0.0543 e. The van der Waals surface area contributed by atoms with Crippen LogP contribution in [0.3, 0.4) is 0 Å². The molecule has 2 nitrogen and oxygen atoms in total. The topological polar surface area (TPSA) is 9.86 Å². The van der Waals surface area contributed by atoms with Gasteiger partial charge in [0, 0.05) is 38.8 Å². The predicted octanol–water partition coefficient (Wildman–Crippen LogP) is 12.5. The van der Waals surface area contributed by atoms with Crippen molar-refractivity contribution >= 4 is 38.8 Å². The molecule has 5 aromatic carbocycles. The molecule has 240 valence electrons. The van der Waals surface area contributed by atoms with Gasteiger partial charge in [-0.25, -0.2) is 0 Å². The Kier molecular flexibility index (Phi) is 7.25. The van der Waals surface area contributed by atoms with Crippen LogP contribution in [-0.2, 0) is 19.3 Å². The van der Waals surface area contributed by atoms with Gasteiger partial charge in [-0.2, -0.15) is 0 Å². The number of allylic oxidation sites excluding steroid dienone is 1. The number of hydrogen-bond acceptors (Lipinski definition) is 0. The van der Waals surface area contributed by atoms with Gasteiger partial charge in [-0.1, -0.05) is 120 Å². The van der Waals surface area contributed by atoms with E-state index in [-0.39, 0.29) is 10.8 Å². The van der Waals surface area contributed by atoms with Crippen LogP contribution >= 0.6 is 0 Å². The summed E-state index contributed by atoms with van der Waals surface area (Å²) in [5.41, 5.74) is 14.8. The zero-order valence-corrected chi connectivity index (χ0v) is 29.3. The molecule has 0 amide bonds. The third-order valence-corrected chi connectivity index (χ3v) is 9.76. The van der Waals surface area contributed by atoms with Crippen molar-refractivity contribution in [2.24, 2.45) is 10.8 Å². The van der Waals surface area contributed by atoms with Crippen LogP contribution in [0.25, 0.3) is 61.3 Å². The molecule has 2 heterocycles. The van der Waals surface area contributed by atoms with Gasteiger partial charge in [-0.15, -0.1) is 0 Å². The third-order valence-electron chi connectivity index (χ3n) is 9.76. The van der Waals surface area contributed by atoms with Crippen LogP contribution in [0.1, 0.15) is 70.3 Å². The minimum atomic E-state index is 0.226. The Balaban J connectivity index is 1.26. The Morgan fingerprint density at radius 3 is 1.73 bits per heavy atom. The second-order valence-electron chi connectivity index (χ2n) is 16.3. The second kappa shape index (κ2) is 11.4. The molecule has 8 rings (SSSR count). The second-order valence-corrected chi connectivity index (χ2v) is 16.3. The highest BCUT2D eigenvalue weighted by Gasteiger charge is 2.21. The molecule has 0 spiro atoms. The fraction of sp³-hybridized carbons (Fsp3) is 0.261. The summed E-state index contributed by atoms with van der Waals surface area (Å²) in [5.74, 6) is 0. The highest BCUT2D eigenvalue weighted by molar-refractivity contribution is 6.09. The monoisotopic (exact) mass is 626 g/mol. The Hall–Kier alpha value is -4.82. The Labute approximate surface area is 285 Å². The van der Waals surface area contributed by atoms with E-state index in [0.717, 1.165) is 25.7 Å². The Bertz CT molecular complexity index is 2360. The number of nitrogens with zero attached hydrogens (tertiary/aromatic N) is 2. The van der Waals surface area contributed by atoms with Gasteiger partial charge in [-0.05, 0) is 101 Å². The zero-order valence-electron chi connectivity index (χ0n) is 29.3. The largest absolute Gasteiger partial charge is 0.313 e. The van der Waals surface area contributed by atoms with E-state index in [1.54, 1.807) is 0 Å². The number of aromatic nitrogens is 2. The maximum absolute atomic E-state index is 2.54. The van der Waals surface area contributed by atoms with Gasteiger partial charge in [0.2, 0.25) is 0 Å². The molecular formula is C46H46N2. The molecule has 0 radical (unpaired) electrons. The molecule has 0 saturated carbocycles. The first-order valence-electron chi connectivity index (χ1n) is 17.6. The van der Waals surface area contributed by atoms with Crippen LogP contribution in [0.15, 0.2) is 115 Å². The normalized spacial score (nSPS) is 13.5. The number of rotatable bonds is 5. The fourth-order valence-corrected chi connectivity index (χ4v) is 7.95. The lowest BCUT2D eigenvalue weighted by molar-refractivity contribution is 0.411. The first kappa shape index (κ1) is 30.5. The highest BCUT2D eigenvalue weighted by atomic mass is 15.0. The molecule has 0 bridgehead atoms. The quantitative estimate of drug-likeness (QED) is 0.180. The molecule has 2 heteroatoms. The van der Waals surface area contributed by atoms with E-state index in [9.17, 15) is 0 Å². The first-order chi connectivity index (χ1) is 23.0. The first-order valence-corrected chi connectivity index (χ1v) is 17.6. The number of para-hydroxylation sites is 1. The van der Waals surface area contributed by atoms with Crippen molar-refractivity contribution in [3.05, 3.63) is 138 Å². The van der Waals surface area contributed by atoms with Crippen molar-refractivity contribution in [2.45, 2.75) is 67.2 Å². The van der Waals surface area contributed by atoms with E-state index in [2.05, 4.69) is 172 Å². The zero-order chi connectivity index (χ0) is 33.2. The lowest BCUT2D eigenvalue weighted by Gasteiger charge is -2.19. The van der Waals surface area contributed by atoms with Crippen LogP contribution in [0.5, 0.6) is 0 Å². The van der Waals surface area contributed by atoms with Crippen LogP contribution in [0.4, 0.5) is 0 Å². The van der Waals surface area contributed by atoms with Crippen molar-refractivity contribution in [1.29, 1.82) is 0 Å². The van der Waals surface area contributed by atoms with Gasteiger partial charge in [0.05, 0.1) is 16.6 Å². The number of benzene rings is 5. The SMILES string of the molecule is CC(C)(C)Cc1ccc2c3c(n(-c4cccc(-c5cccc(-n6c7ccccc7c7ccc(CC(C)(C)C)cc76)c5)c4)c2c1)CCC=C3. The van der Waals surface area contributed by atoms with E-state index >= 15 is 0 Å². The van der Waals surface area contributed by atoms with E-state index in [1.807, 2.05) is 0 Å². The lowest BCUT2D eigenvalue weighted by Crippen LogP contribution is -2.09. The molecule has 1 aliphatic rings. The molecule has 0 unspecified atom stereocenters. The van der Waals surface area contributed by atoms with Crippen LogP contribution < -0.4 is 0 Å². The minimum Gasteiger partial charge on any atom is -0.313 e. The van der Waals surface area contributed by atoms with Crippen molar-refractivity contribution < 1.29 is 0 Å². The average Bonchev–Trinajstić information content (AvgIpc) is 3.55. The Morgan fingerprint density at radius 2 is 1.08 bits per heavy atom. The molecule has 1 aliphatic carbocycles. The van der Waals surface area contributed by atoms with Gasteiger partial charge in [-0.3, -0.25) is 0 Å². The van der Waals surface area contributed by atoms with Gasteiger partial charge in [0.15, 0.2) is 0 Å². The Morgan fingerprint density at radius 1 is 0.521 bits per heavy atom. The van der Waals surface area contributed by atoms with E-state index in [0.29, 0.717) is 0 Å². The summed E-state index contributed by atoms with van der Waals surface area (Å²) in [5, 5.41) is 3.95. The summed E-state index contributed by atoms with van der Waals surface area (Å²) in [6.45, 7) is 13.9. The molecule has 0 N–H and O–H groups in total. The fourth-order valence-electron chi connectivity index (χ4n) is 7.95.